The zero-order chi connectivity index (χ0) is 23.7. The monoisotopic (exact) mass is 449 g/mol. The minimum absolute atomic E-state index is 0.0415. The highest BCUT2D eigenvalue weighted by molar-refractivity contribution is 6.06. The maximum Gasteiger partial charge on any atom is 0.235 e. The van der Waals surface area contributed by atoms with Crippen LogP contribution in [0.1, 0.15) is 36.2 Å². The Labute approximate surface area is 187 Å². The first-order valence-electron chi connectivity index (χ1n) is 10.4. The lowest BCUT2D eigenvalue weighted by Gasteiger charge is -2.15. The van der Waals surface area contributed by atoms with Gasteiger partial charge in [0.25, 0.3) is 0 Å². The molecule has 168 valence electrons. The van der Waals surface area contributed by atoms with Crippen molar-refractivity contribution in [3.63, 3.8) is 0 Å². The molecule has 3 N–H and O–H groups in total. The van der Waals surface area contributed by atoms with Gasteiger partial charge in [-0.05, 0) is 45.4 Å². The van der Waals surface area contributed by atoms with E-state index in [1.807, 2.05) is 19.1 Å². The number of pyridine rings is 1. The molecule has 0 saturated heterocycles. The summed E-state index contributed by atoms with van der Waals surface area (Å²) >= 11 is 0. The third-order valence-corrected chi connectivity index (χ3v) is 5.98. The molecule has 1 amide bonds. The van der Waals surface area contributed by atoms with Crippen molar-refractivity contribution in [3.8, 4) is 11.5 Å². The van der Waals surface area contributed by atoms with Gasteiger partial charge in [0.1, 0.15) is 17.3 Å². The summed E-state index contributed by atoms with van der Waals surface area (Å²) in [5.41, 5.74) is 7.83. The van der Waals surface area contributed by atoms with Gasteiger partial charge in [-0.1, -0.05) is 12.1 Å². The van der Waals surface area contributed by atoms with Crippen LogP contribution < -0.4 is 11.1 Å². The van der Waals surface area contributed by atoms with Crippen molar-refractivity contribution < 1.29 is 13.6 Å². The van der Waals surface area contributed by atoms with Crippen molar-refractivity contribution in [1.82, 2.24) is 24.7 Å². The zero-order valence-electron chi connectivity index (χ0n) is 18.5. The van der Waals surface area contributed by atoms with Crippen molar-refractivity contribution in [2.75, 3.05) is 11.1 Å². The first-order valence-corrected chi connectivity index (χ1v) is 10.4. The number of carbonyl (C=O) groups is 1. The van der Waals surface area contributed by atoms with Crippen LogP contribution in [0.3, 0.4) is 0 Å². The van der Waals surface area contributed by atoms with Crippen molar-refractivity contribution >= 4 is 28.6 Å². The van der Waals surface area contributed by atoms with E-state index in [0.29, 0.717) is 28.1 Å². The summed E-state index contributed by atoms with van der Waals surface area (Å²) in [6, 6.07) is 6.68. The van der Waals surface area contributed by atoms with Crippen LogP contribution in [0.25, 0.3) is 22.6 Å². The number of hydrogen-bond donors (Lipinski definition) is 2. The van der Waals surface area contributed by atoms with E-state index in [9.17, 15) is 13.6 Å². The molecule has 0 saturated carbocycles. The number of nitrogens with one attached hydrogen (secondary N) is 1. The Morgan fingerprint density at radius 3 is 2.58 bits per heavy atom. The Bertz CT molecular complexity index is 1480. The smallest absolute Gasteiger partial charge is 0.235 e. The van der Waals surface area contributed by atoms with Crippen LogP contribution >= 0.6 is 0 Å². The second-order valence-electron chi connectivity index (χ2n) is 8.73. The zero-order valence-corrected chi connectivity index (χ0v) is 18.5. The van der Waals surface area contributed by atoms with E-state index in [-0.39, 0.29) is 35.2 Å². The van der Waals surface area contributed by atoms with Crippen LogP contribution in [-0.2, 0) is 16.8 Å². The van der Waals surface area contributed by atoms with Crippen LogP contribution in [0.15, 0.2) is 24.3 Å². The third-order valence-electron chi connectivity index (χ3n) is 5.98. The van der Waals surface area contributed by atoms with Gasteiger partial charge in [0.05, 0.1) is 22.9 Å². The summed E-state index contributed by atoms with van der Waals surface area (Å²) in [5.74, 6) is -1.32. The SMILES string of the molecule is Cc1ccc2c(-c3nc(N)c4c(n3)NC(=O)C4(C)C)nn(Cc3ccc(C)c(F)c3F)c2n1. The number of nitrogens with zero attached hydrogens (tertiary/aromatic N) is 5. The molecular formula is C23H21F2N7O. The molecule has 0 bridgehead atoms. The highest BCUT2D eigenvalue weighted by Crippen LogP contribution is 2.40. The normalized spacial score (nSPS) is 14.5. The van der Waals surface area contributed by atoms with Gasteiger partial charge in [-0.2, -0.15) is 5.10 Å². The Morgan fingerprint density at radius 1 is 1.06 bits per heavy atom. The molecule has 5 rings (SSSR count). The van der Waals surface area contributed by atoms with Crippen LogP contribution in [0.5, 0.6) is 0 Å². The summed E-state index contributed by atoms with van der Waals surface area (Å²) in [4.78, 5) is 25.8. The standard InChI is InChI=1S/C23H21F2N7O/c1-10-5-7-12(16(25)15(10)24)9-32-21-13(8-6-11(2)27-21)17(31-32)20-28-18(26)14-19(29-20)30-22(33)23(14,3)4/h5-8H,9H2,1-4H3,(H3,26,28,29,30,33). The largest absolute Gasteiger partial charge is 0.383 e. The van der Waals surface area contributed by atoms with E-state index in [0.717, 1.165) is 5.69 Å². The van der Waals surface area contributed by atoms with E-state index >= 15 is 0 Å². The summed E-state index contributed by atoms with van der Waals surface area (Å²) in [7, 11) is 0. The van der Waals surface area contributed by atoms with Gasteiger partial charge in [-0.15, -0.1) is 0 Å². The molecule has 8 nitrogen and oxygen atoms in total. The number of hydrogen-bond acceptors (Lipinski definition) is 6. The molecular weight excluding hydrogens is 428 g/mol. The number of aromatic nitrogens is 5. The molecule has 0 atom stereocenters. The lowest BCUT2D eigenvalue weighted by atomic mass is 9.87. The number of rotatable bonds is 3. The molecule has 4 heterocycles. The van der Waals surface area contributed by atoms with Gasteiger partial charge in [0, 0.05) is 11.3 Å². The van der Waals surface area contributed by atoms with Gasteiger partial charge < -0.3 is 11.1 Å². The highest BCUT2D eigenvalue weighted by Gasteiger charge is 2.42. The van der Waals surface area contributed by atoms with Crippen LogP contribution in [0.2, 0.25) is 0 Å². The van der Waals surface area contributed by atoms with Crippen molar-refractivity contribution in [2.24, 2.45) is 0 Å². The van der Waals surface area contributed by atoms with Crippen LogP contribution in [0.4, 0.5) is 20.4 Å². The summed E-state index contributed by atoms with van der Waals surface area (Å²) in [6.07, 6.45) is 0. The van der Waals surface area contributed by atoms with Crippen LogP contribution in [-0.4, -0.2) is 30.6 Å². The Balaban J connectivity index is 1.68. The number of aryl methyl sites for hydroxylation is 2. The predicted molar refractivity (Wildman–Crippen MR) is 120 cm³/mol. The molecule has 0 aliphatic carbocycles. The number of nitrogen functional groups attached to an aromatic ring is 1. The van der Waals surface area contributed by atoms with Gasteiger partial charge in [-0.25, -0.2) is 28.4 Å². The second-order valence-corrected chi connectivity index (χ2v) is 8.73. The maximum atomic E-state index is 14.6. The highest BCUT2D eigenvalue weighted by atomic mass is 19.2. The molecule has 10 heteroatoms. The van der Waals surface area contributed by atoms with E-state index in [2.05, 4.69) is 25.4 Å². The first kappa shape index (κ1) is 20.9. The van der Waals surface area contributed by atoms with Gasteiger partial charge in [0.15, 0.2) is 23.1 Å². The quantitative estimate of drug-likeness (QED) is 0.494. The van der Waals surface area contributed by atoms with E-state index in [4.69, 9.17) is 5.73 Å². The lowest BCUT2D eigenvalue weighted by molar-refractivity contribution is -0.119. The fourth-order valence-corrected chi connectivity index (χ4v) is 4.06. The number of amides is 1. The second kappa shape index (κ2) is 7.03. The van der Waals surface area contributed by atoms with Crippen molar-refractivity contribution in [3.05, 3.63) is 58.3 Å². The van der Waals surface area contributed by atoms with Crippen LogP contribution in [0, 0.1) is 25.5 Å². The van der Waals surface area contributed by atoms with E-state index < -0.39 is 17.0 Å². The van der Waals surface area contributed by atoms with E-state index in [1.165, 1.54) is 23.7 Å². The van der Waals surface area contributed by atoms with Gasteiger partial charge >= 0.3 is 0 Å². The number of anilines is 2. The Kier molecular flexibility index (Phi) is 4.45. The number of carbonyl (C=O) groups excluding carboxylic acids is 1. The van der Waals surface area contributed by atoms with Gasteiger partial charge in [0.2, 0.25) is 5.91 Å². The molecule has 3 aromatic heterocycles. The average molecular weight is 449 g/mol. The van der Waals surface area contributed by atoms with E-state index in [1.54, 1.807) is 13.8 Å². The minimum atomic E-state index is -0.921. The topological polar surface area (TPSA) is 112 Å². The first-order chi connectivity index (χ1) is 15.6. The number of nitrogens with two attached hydrogens (primary N) is 1. The summed E-state index contributed by atoms with van der Waals surface area (Å²) in [5, 5.41) is 7.95. The molecule has 0 spiro atoms. The molecule has 1 aliphatic rings. The van der Waals surface area contributed by atoms with Gasteiger partial charge in [-0.3, -0.25) is 4.79 Å². The fraction of sp³-hybridized carbons (Fsp3) is 0.261. The third kappa shape index (κ3) is 3.12. The van der Waals surface area contributed by atoms with Crippen molar-refractivity contribution in [1.29, 1.82) is 0 Å². The molecule has 1 aromatic carbocycles. The number of halogens is 2. The molecule has 1 aliphatic heterocycles. The fourth-order valence-electron chi connectivity index (χ4n) is 4.06. The number of benzene rings is 1. The predicted octanol–water partition coefficient (Wildman–Crippen LogP) is 3.64. The number of fused-ring (bicyclic) bond motifs is 2. The average Bonchev–Trinajstić information content (AvgIpc) is 3.22. The maximum absolute atomic E-state index is 14.6. The lowest BCUT2D eigenvalue weighted by Crippen LogP contribution is -2.27. The summed E-state index contributed by atoms with van der Waals surface area (Å²) in [6.45, 7) is 6.79. The molecule has 0 fully saturated rings. The molecule has 0 unspecified atom stereocenters. The Morgan fingerprint density at radius 2 is 1.82 bits per heavy atom. The Hall–Kier alpha value is -3.95. The summed E-state index contributed by atoms with van der Waals surface area (Å²) < 4.78 is 30.2. The molecule has 33 heavy (non-hydrogen) atoms. The molecule has 0 radical (unpaired) electrons. The van der Waals surface area contributed by atoms with Crippen molar-refractivity contribution in [2.45, 2.75) is 39.7 Å². The molecule has 4 aromatic rings. The minimum Gasteiger partial charge on any atom is -0.383 e.